The molecule has 2 saturated heterocycles. The second-order valence-corrected chi connectivity index (χ2v) is 7.12. The van der Waals surface area contributed by atoms with Gasteiger partial charge in [-0.1, -0.05) is 18.2 Å². The third-order valence-corrected chi connectivity index (χ3v) is 5.45. The molecule has 0 N–H and O–H groups in total. The van der Waals surface area contributed by atoms with Crippen LogP contribution in [0.1, 0.15) is 23.2 Å². The molecule has 0 radical (unpaired) electrons. The number of hydrogen-bond donors (Lipinski definition) is 0. The van der Waals surface area contributed by atoms with Gasteiger partial charge in [0.2, 0.25) is 0 Å². The first-order valence-electron chi connectivity index (χ1n) is 9.60. The summed E-state index contributed by atoms with van der Waals surface area (Å²) in [5.41, 5.74) is 1.50. The molecule has 144 valence electrons. The van der Waals surface area contributed by atoms with Crippen LogP contribution >= 0.6 is 0 Å². The van der Waals surface area contributed by atoms with Crippen molar-refractivity contribution in [3.05, 3.63) is 66.6 Å². The Bertz CT molecular complexity index is 949. The lowest BCUT2D eigenvalue weighted by Gasteiger charge is -2.37. The Kier molecular flexibility index (Phi) is 4.26. The van der Waals surface area contributed by atoms with Gasteiger partial charge in [-0.25, -0.2) is 4.68 Å². The number of carbonyl (C=O) groups excluding carboxylic acids is 1. The van der Waals surface area contributed by atoms with E-state index in [1.807, 2.05) is 69.0 Å². The van der Waals surface area contributed by atoms with Crippen molar-refractivity contribution in [2.24, 2.45) is 0 Å². The number of rotatable bonds is 3. The van der Waals surface area contributed by atoms with E-state index >= 15 is 0 Å². The summed E-state index contributed by atoms with van der Waals surface area (Å²) in [7, 11) is 0. The van der Waals surface area contributed by atoms with E-state index in [0.29, 0.717) is 44.7 Å². The van der Waals surface area contributed by atoms with Gasteiger partial charge in [-0.3, -0.25) is 4.79 Å². The minimum absolute atomic E-state index is 0.0151. The van der Waals surface area contributed by atoms with Crippen LogP contribution in [0, 0.1) is 0 Å². The Morgan fingerprint density at radius 3 is 2.32 bits per heavy atom. The molecule has 0 saturated carbocycles. The molecular formula is C21H22N4O3. The molecule has 1 aromatic carbocycles. The van der Waals surface area contributed by atoms with Gasteiger partial charge < -0.3 is 18.9 Å². The van der Waals surface area contributed by atoms with Gasteiger partial charge in [0.05, 0.1) is 25.1 Å². The molecule has 5 rings (SSSR count). The van der Waals surface area contributed by atoms with E-state index in [2.05, 4.69) is 5.10 Å². The minimum Gasteiger partial charge on any atom is -0.347 e. The molecule has 1 spiro atoms. The fraction of sp³-hybridized carbons (Fsp3) is 0.333. The van der Waals surface area contributed by atoms with Gasteiger partial charge >= 0.3 is 0 Å². The average molecular weight is 378 g/mol. The average Bonchev–Trinajstić information content (AvgIpc) is 3.49. The number of amides is 1. The number of nitrogens with zero attached hydrogens (tertiary/aromatic N) is 4. The second kappa shape index (κ2) is 6.92. The van der Waals surface area contributed by atoms with Crippen LogP contribution in [-0.4, -0.2) is 57.2 Å². The van der Waals surface area contributed by atoms with Crippen molar-refractivity contribution in [1.82, 2.24) is 19.2 Å². The van der Waals surface area contributed by atoms with Gasteiger partial charge in [-0.15, -0.1) is 0 Å². The number of hydrogen-bond acceptors (Lipinski definition) is 4. The van der Waals surface area contributed by atoms with Gasteiger partial charge in [-0.2, -0.15) is 5.10 Å². The van der Waals surface area contributed by atoms with E-state index in [-0.39, 0.29) is 5.91 Å². The van der Waals surface area contributed by atoms with E-state index in [9.17, 15) is 4.79 Å². The fourth-order valence-corrected chi connectivity index (χ4v) is 3.98. The quantitative estimate of drug-likeness (QED) is 0.703. The molecule has 2 aliphatic rings. The van der Waals surface area contributed by atoms with Crippen LogP contribution in [-0.2, 0) is 9.47 Å². The zero-order chi connectivity index (χ0) is 19.0. The first-order chi connectivity index (χ1) is 13.8. The van der Waals surface area contributed by atoms with Crippen molar-refractivity contribution in [3.63, 3.8) is 0 Å². The fourth-order valence-electron chi connectivity index (χ4n) is 3.98. The summed E-state index contributed by atoms with van der Waals surface area (Å²) in [5.74, 6) is 0.238. The molecule has 0 atom stereocenters. The van der Waals surface area contributed by atoms with Crippen molar-refractivity contribution in [3.8, 4) is 11.5 Å². The summed E-state index contributed by atoms with van der Waals surface area (Å²) in [6.45, 7) is 2.49. The highest BCUT2D eigenvalue weighted by Crippen LogP contribution is 2.32. The summed E-state index contributed by atoms with van der Waals surface area (Å²) in [5, 5.41) is 4.53. The third-order valence-electron chi connectivity index (χ3n) is 5.45. The van der Waals surface area contributed by atoms with Crippen molar-refractivity contribution >= 4 is 5.91 Å². The zero-order valence-corrected chi connectivity index (χ0v) is 15.5. The Morgan fingerprint density at radius 2 is 1.64 bits per heavy atom. The van der Waals surface area contributed by atoms with Crippen LogP contribution < -0.4 is 0 Å². The molecule has 0 bridgehead atoms. The predicted octanol–water partition coefficient (Wildman–Crippen LogP) is 2.64. The molecule has 4 heterocycles. The SMILES string of the molecule is O=C(c1cnn(-c2ccccc2)c1-n1cccc1)N1CCC2(CC1)OCCO2. The number of piperidine rings is 1. The molecule has 1 amide bonds. The maximum Gasteiger partial charge on any atom is 0.259 e. The predicted molar refractivity (Wildman–Crippen MR) is 103 cm³/mol. The summed E-state index contributed by atoms with van der Waals surface area (Å²) < 4.78 is 15.3. The first kappa shape index (κ1) is 17.2. The van der Waals surface area contributed by atoms with Gasteiger partial charge in [-0.05, 0) is 24.3 Å². The third kappa shape index (κ3) is 2.93. The van der Waals surface area contributed by atoms with E-state index in [0.717, 1.165) is 11.5 Å². The maximum atomic E-state index is 13.3. The molecule has 2 fully saturated rings. The van der Waals surface area contributed by atoms with Gasteiger partial charge in [0.15, 0.2) is 11.6 Å². The van der Waals surface area contributed by atoms with E-state index in [1.54, 1.807) is 6.20 Å². The standard InChI is InChI=1S/C21H22N4O3/c26-20(24-12-8-21(9-13-24)27-14-15-28-21)18-16-22-25(17-6-2-1-3-7-17)19(18)23-10-4-5-11-23/h1-7,10-11,16H,8-9,12-15H2. The Balaban J connectivity index is 1.47. The van der Waals surface area contributed by atoms with Gasteiger partial charge in [0.1, 0.15) is 5.56 Å². The Labute approximate surface area is 163 Å². The second-order valence-electron chi connectivity index (χ2n) is 7.12. The van der Waals surface area contributed by atoms with E-state index < -0.39 is 5.79 Å². The molecule has 7 heteroatoms. The number of carbonyl (C=O) groups is 1. The molecule has 28 heavy (non-hydrogen) atoms. The van der Waals surface area contributed by atoms with E-state index in [4.69, 9.17) is 9.47 Å². The molecule has 2 aromatic heterocycles. The highest BCUT2D eigenvalue weighted by atomic mass is 16.7. The molecule has 0 aliphatic carbocycles. The van der Waals surface area contributed by atoms with Crippen LogP contribution in [0.15, 0.2) is 61.1 Å². The number of benzene rings is 1. The molecule has 0 unspecified atom stereocenters. The van der Waals surface area contributed by atoms with Crippen LogP contribution in [0.2, 0.25) is 0 Å². The van der Waals surface area contributed by atoms with Crippen LogP contribution in [0.3, 0.4) is 0 Å². The van der Waals surface area contributed by atoms with Crippen LogP contribution in [0.4, 0.5) is 0 Å². The molecule has 7 nitrogen and oxygen atoms in total. The number of aromatic nitrogens is 3. The van der Waals surface area contributed by atoms with Gasteiger partial charge in [0, 0.05) is 38.3 Å². The highest BCUT2D eigenvalue weighted by Gasteiger charge is 2.41. The van der Waals surface area contributed by atoms with Crippen molar-refractivity contribution in [2.75, 3.05) is 26.3 Å². The Morgan fingerprint density at radius 1 is 0.964 bits per heavy atom. The highest BCUT2D eigenvalue weighted by molar-refractivity contribution is 5.97. The summed E-state index contributed by atoms with van der Waals surface area (Å²) in [6.07, 6.45) is 6.92. The smallest absolute Gasteiger partial charge is 0.259 e. The molecule has 2 aliphatic heterocycles. The number of para-hydroxylation sites is 1. The van der Waals surface area contributed by atoms with Crippen LogP contribution in [0.5, 0.6) is 0 Å². The zero-order valence-electron chi connectivity index (χ0n) is 15.5. The lowest BCUT2D eigenvalue weighted by Crippen LogP contribution is -2.47. The number of ether oxygens (including phenoxy) is 2. The Hall–Kier alpha value is -2.90. The topological polar surface area (TPSA) is 61.5 Å². The van der Waals surface area contributed by atoms with Gasteiger partial charge in [0.25, 0.3) is 5.91 Å². The summed E-state index contributed by atoms with van der Waals surface area (Å²) >= 11 is 0. The lowest BCUT2D eigenvalue weighted by atomic mass is 10.0. The first-order valence-corrected chi connectivity index (χ1v) is 9.60. The van der Waals surface area contributed by atoms with Crippen molar-refractivity contribution in [2.45, 2.75) is 18.6 Å². The maximum absolute atomic E-state index is 13.3. The largest absolute Gasteiger partial charge is 0.347 e. The minimum atomic E-state index is -0.492. The number of likely N-dealkylation sites (tertiary alicyclic amines) is 1. The van der Waals surface area contributed by atoms with Crippen molar-refractivity contribution in [1.29, 1.82) is 0 Å². The molecular weight excluding hydrogens is 356 g/mol. The normalized spacial score (nSPS) is 18.6. The lowest BCUT2D eigenvalue weighted by molar-refractivity contribution is -0.181. The van der Waals surface area contributed by atoms with Crippen molar-refractivity contribution < 1.29 is 14.3 Å². The summed E-state index contributed by atoms with van der Waals surface area (Å²) in [6, 6.07) is 13.7. The molecule has 3 aromatic rings. The van der Waals surface area contributed by atoms with Crippen LogP contribution in [0.25, 0.3) is 11.5 Å². The van der Waals surface area contributed by atoms with E-state index in [1.165, 1.54) is 0 Å². The summed E-state index contributed by atoms with van der Waals surface area (Å²) in [4.78, 5) is 15.2. The monoisotopic (exact) mass is 378 g/mol.